The number of amides is 2. The van der Waals surface area contributed by atoms with E-state index in [0.29, 0.717) is 11.8 Å². The van der Waals surface area contributed by atoms with E-state index in [9.17, 15) is 9.59 Å². The fourth-order valence-corrected chi connectivity index (χ4v) is 3.16. The molecule has 0 radical (unpaired) electrons. The minimum Gasteiger partial charge on any atom is -0.304 e. The lowest BCUT2D eigenvalue weighted by Gasteiger charge is -2.15. The third-order valence-electron chi connectivity index (χ3n) is 4.66. The van der Waals surface area contributed by atoms with Gasteiger partial charge in [0.15, 0.2) is 0 Å². The molecule has 2 amide bonds. The molecule has 0 aromatic carbocycles. The maximum Gasteiger partial charge on any atom is 0.238 e. The van der Waals surface area contributed by atoms with Gasteiger partial charge in [-0.15, -0.1) is 0 Å². The van der Waals surface area contributed by atoms with Crippen LogP contribution in [0.2, 0.25) is 0 Å². The van der Waals surface area contributed by atoms with Crippen molar-refractivity contribution in [2.75, 3.05) is 6.54 Å². The second-order valence-corrected chi connectivity index (χ2v) is 5.56. The van der Waals surface area contributed by atoms with Crippen LogP contribution in [0, 0.1) is 23.7 Å². The minimum atomic E-state index is -0.114. The molecule has 4 heteroatoms. The first kappa shape index (κ1) is 11.0. The Hall–Kier alpha value is -1.16. The van der Waals surface area contributed by atoms with Gasteiger partial charge in [0.05, 0.1) is 12.0 Å². The maximum absolute atomic E-state index is 12.4. The summed E-state index contributed by atoms with van der Waals surface area (Å²) in [5.74, 6) is 0.742. The number of nitrogens with zero attached hydrogens (tertiary/aromatic N) is 1. The Morgan fingerprint density at radius 2 is 2.00 bits per heavy atom. The molecule has 1 aliphatic carbocycles. The van der Waals surface area contributed by atoms with Gasteiger partial charge in [0.1, 0.15) is 0 Å². The molecule has 1 saturated carbocycles. The second kappa shape index (κ2) is 3.42. The molecule has 1 saturated heterocycles. The normalized spacial score (nSPS) is 43.7. The highest BCUT2D eigenvalue weighted by Crippen LogP contribution is 2.48. The van der Waals surface area contributed by atoms with Crippen molar-refractivity contribution in [3.8, 4) is 0 Å². The maximum atomic E-state index is 12.4. The number of rotatable bonds is 1. The van der Waals surface area contributed by atoms with Gasteiger partial charge in [-0.05, 0) is 17.9 Å². The summed E-state index contributed by atoms with van der Waals surface area (Å²) in [5, 5.41) is 3.26. The molecule has 4 nitrogen and oxygen atoms in total. The van der Waals surface area contributed by atoms with Crippen LogP contribution in [0.4, 0.5) is 0 Å². The molecule has 0 bridgehead atoms. The smallest absolute Gasteiger partial charge is 0.238 e. The molecular formula is C13H18N2O2. The van der Waals surface area contributed by atoms with E-state index in [1.807, 2.05) is 13.0 Å². The fraction of sp³-hybridized carbons (Fsp3) is 0.692. The number of fused-ring (bicyclic) bond motifs is 1. The van der Waals surface area contributed by atoms with Crippen LogP contribution in [0.15, 0.2) is 11.8 Å². The number of hydrogen-bond acceptors (Lipinski definition) is 3. The molecule has 2 heterocycles. The van der Waals surface area contributed by atoms with E-state index in [4.69, 9.17) is 0 Å². The summed E-state index contributed by atoms with van der Waals surface area (Å²) >= 11 is 0. The van der Waals surface area contributed by atoms with Crippen molar-refractivity contribution < 1.29 is 9.59 Å². The number of imide groups is 1. The summed E-state index contributed by atoms with van der Waals surface area (Å²) in [7, 11) is 0. The minimum absolute atomic E-state index is 0.0132. The number of likely N-dealkylation sites (tertiary alicyclic amines) is 1. The van der Waals surface area contributed by atoms with Gasteiger partial charge < -0.3 is 5.32 Å². The van der Waals surface area contributed by atoms with Gasteiger partial charge in [0.25, 0.3) is 0 Å². The first-order valence-electron chi connectivity index (χ1n) is 6.35. The molecule has 3 aliphatic rings. The largest absolute Gasteiger partial charge is 0.304 e. The van der Waals surface area contributed by atoms with Crippen molar-refractivity contribution in [2.24, 2.45) is 23.7 Å². The Bertz CT molecular complexity index is 421. The molecule has 1 N–H and O–H groups in total. The van der Waals surface area contributed by atoms with E-state index >= 15 is 0 Å². The van der Waals surface area contributed by atoms with Gasteiger partial charge in [-0.2, -0.15) is 0 Å². The molecule has 0 spiro atoms. The first-order valence-corrected chi connectivity index (χ1v) is 6.35. The summed E-state index contributed by atoms with van der Waals surface area (Å²) in [4.78, 5) is 25.9. The standard InChI is InChI=1S/C13H18N2O2/c1-6-7(2)10(6)13(17)15-9-4-5-14-11(9)8(3)12(15)16/h4,6-8,10-11,14H,5H2,1-3H3/t6?,7?,8-,10?,11+/m0/s1. The number of carbonyl (C=O) groups excluding carboxylic acids is 2. The number of nitrogens with one attached hydrogen (secondary N) is 1. The van der Waals surface area contributed by atoms with Crippen LogP contribution in [-0.4, -0.2) is 29.3 Å². The molecule has 92 valence electrons. The van der Waals surface area contributed by atoms with Gasteiger partial charge in [-0.25, -0.2) is 0 Å². The van der Waals surface area contributed by atoms with Crippen molar-refractivity contribution in [1.29, 1.82) is 0 Å². The van der Waals surface area contributed by atoms with Crippen molar-refractivity contribution in [2.45, 2.75) is 26.8 Å². The van der Waals surface area contributed by atoms with Gasteiger partial charge in [-0.1, -0.05) is 20.8 Å². The Kier molecular flexibility index (Phi) is 2.20. The van der Waals surface area contributed by atoms with E-state index in [1.54, 1.807) is 0 Å². The van der Waals surface area contributed by atoms with E-state index in [-0.39, 0.29) is 29.7 Å². The fourth-order valence-electron chi connectivity index (χ4n) is 3.16. The van der Waals surface area contributed by atoms with Gasteiger partial charge in [-0.3, -0.25) is 14.5 Å². The third-order valence-corrected chi connectivity index (χ3v) is 4.66. The zero-order valence-corrected chi connectivity index (χ0v) is 10.4. The summed E-state index contributed by atoms with van der Waals surface area (Å²) in [6, 6.07) is 0.0517. The van der Waals surface area contributed by atoms with Crippen LogP contribution >= 0.6 is 0 Å². The predicted octanol–water partition coefficient (Wildman–Crippen LogP) is 0.749. The van der Waals surface area contributed by atoms with Gasteiger partial charge in [0, 0.05) is 18.2 Å². The quantitative estimate of drug-likeness (QED) is 0.681. The summed E-state index contributed by atoms with van der Waals surface area (Å²) in [5.41, 5.74) is 0.888. The van der Waals surface area contributed by atoms with Crippen molar-refractivity contribution >= 4 is 11.8 Å². The molecule has 3 rings (SSSR count). The lowest BCUT2D eigenvalue weighted by atomic mass is 10.1. The SMILES string of the molecule is CC1C(C)C1C(=O)N1C(=O)[C@@H](C)[C@H]2NCC=C21. The summed E-state index contributed by atoms with van der Waals surface area (Å²) < 4.78 is 0. The highest BCUT2D eigenvalue weighted by atomic mass is 16.2. The average molecular weight is 234 g/mol. The highest BCUT2D eigenvalue weighted by Gasteiger charge is 2.55. The summed E-state index contributed by atoms with van der Waals surface area (Å²) in [6.45, 7) is 6.81. The van der Waals surface area contributed by atoms with Crippen molar-refractivity contribution in [1.82, 2.24) is 10.2 Å². The van der Waals surface area contributed by atoms with Crippen LogP contribution in [0.5, 0.6) is 0 Å². The average Bonchev–Trinajstić information content (AvgIpc) is 2.69. The molecule has 17 heavy (non-hydrogen) atoms. The predicted molar refractivity (Wildman–Crippen MR) is 62.7 cm³/mol. The van der Waals surface area contributed by atoms with E-state index < -0.39 is 0 Å². The van der Waals surface area contributed by atoms with Crippen LogP contribution in [0.25, 0.3) is 0 Å². The van der Waals surface area contributed by atoms with Crippen LogP contribution in [-0.2, 0) is 9.59 Å². The second-order valence-electron chi connectivity index (χ2n) is 5.56. The number of hydrogen-bond donors (Lipinski definition) is 1. The van der Waals surface area contributed by atoms with E-state index in [1.165, 1.54) is 4.90 Å². The Labute approximate surface area is 101 Å². The van der Waals surface area contributed by atoms with Crippen LogP contribution in [0.1, 0.15) is 20.8 Å². The lowest BCUT2D eigenvalue weighted by molar-refractivity contribution is -0.142. The Morgan fingerprint density at radius 1 is 1.35 bits per heavy atom. The zero-order valence-electron chi connectivity index (χ0n) is 10.4. The molecule has 2 fully saturated rings. The van der Waals surface area contributed by atoms with Gasteiger partial charge in [0.2, 0.25) is 11.8 Å². The molecular weight excluding hydrogens is 216 g/mol. The van der Waals surface area contributed by atoms with Gasteiger partial charge >= 0.3 is 0 Å². The molecule has 2 aliphatic heterocycles. The zero-order chi connectivity index (χ0) is 12.3. The molecule has 4 atom stereocenters. The van der Waals surface area contributed by atoms with E-state index in [0.717, 1.165) is 12.2 Å². The van der Waals surface area contributed by atoms with Crippen LogP contribution in [0.3, 0.4) is 0 Å². The molecule has 2 unspecified atom stereocenters. The first-order chi connectivity index (χ1) is 8.04. The Balaban J connectivity index is 1.88. The third kappa shape index (κ3) is 1.33. The lowest BCUT2D eigenvalue weighted by Crippen LogP contribution is -2.34. The topological polar surface area (TPSA) is 49.4 Å². The van der Waals surface area contributed by atoms with Crippen molar-refractivity contribution in [3.63, 3.8) is 0 Å². The number of carbonyl (C=O) groups is 2. The highest BCUT2D eigenvalue weighted by molar-refractivity contribution is 6.03. The van der Waals surface area contributed by atoms with E-state index in [2.05, 4.69) is 19.2 Å². The summed E-state index contributed by atoms with van der Waals surface area (Å²) in [6.07, 6.45) is 1.97. The monoisotopic (exact) mass is 234 g/mol. The molecule has 0 aromatic rings. The van der Waals surface area contributed by atoms with Crippen LogP contribution < -0.4 is 5.32 Å². The Morgan fingerprint density at radius 3 is 2.59 bits per heavy atom. The molecule has 0 aromatic heterocycles. The van der Waals surface area contributed by atoms with Crippen molar-refractivity contribution in [3.05, 3.63) is 11.8 Å².